The summed E-state index contributed by atoms with van der Waals surface area (Å²) in [5.41, 5.74) is 7.31. The number of rotatable bonds is 3. The molecule has 62 valence electrons. The van der Waals surface area contributed by atoms with Gasteiger partial charge in [-0.2, -0.15) is 0 Å². The normalized spacial score (nSPS) is 13.2. The first-order chi connectivity index (χ1) is 4.45. The zero-order valence-corrected chi connectivity index (χ0v) is 5.36. The molecule has 9 nitrogen and oxygen atoms in total. The number of hydrogen-bond donors (Lipinski definition) is 7. The van der Waals surface area contributed by atoms with Crippen LogP contribution in [0.1, 0.15) is 0 Å². The van der Waals surface area contributed by atoms with E-state index >= 15 is 0 Å². The van der Waals surface area contributed by atoms with Crippen molar-refractivity contribution in [1.29, 1.82) is 0 Å². The van der Waals surface area contributed by atoms with Gasteiger partial charge in [0.05, 0.1) is 0 Å². The lowest BCUT2D eigenvalue weighted by molar-refractivity contribution is -0.0894. The van der Waals surface area contributed by atoms with Crippen molar-refractivity contribution in [2.24, 2.45) is 34.9 Å². The smallest absolute Gasteiger partial charge is 0.248 e. The van der Waals surface area contributed by atoms with Gasteiger partial charge in [0.15, 0.2) is 0 Å². The average molecular weight is 151 g/mol. The Labute approximate surface area is 57.7 Å². The first-order valence-corrected chi connectivity index (χ1v) is 2.31. The second kappa shape index (κ2) is 3.16. The first-order valence-electron chi connectivity index (χ1n) is 2.31. The fraction of sp³-hybridized carbons (Fsp3) is 1.00. The van der Waals surface area contributed by atoms with Crippen LogP contribution < -0.4 is 40.4 Å². The predicted molar refractivity (Wildman–Crippen MR) is 34.7 cm³/mol. The van der Waals surface area contributed by atoms with E-state index in [-0.39, 0.29) is 0 Å². The van der Waals surface area contributed by atoms with Gasteiger partial charge in [-0.1, -0.05) is 0 Å². The Balaban J connectivity index is 4.23. The van der Waals surface area contributed by atoms with Gasteiger partial charge in [0.1, 0.15) is 0 Å². The van der Waals surface area contributed by atoms with Crippen molar-refractivity contribution in [2.45, 2.75) is 5.91 Å². The number of nitrogens with zero attached hydrogens (tertiary/aromatic N) is 2. The number of nitrogens with two attached hydrogens (primary N) is 6. The molecule has 0 rings (SSSR count). The molecule has 13 N–H and O–H groups in total. The number of hydrazine groups is 5. The fourth-order valence-corrected chi connectivity index (χ4v) is 0.282. The molecular weight excluding hydrogens is 138 g/mol. The van der Waals surface area contributed by atoms with E-state index in [2.05, 4.69) is 0 Å². The molecule has 9 heteroatoms. The molecule has 0 aromatic carbocycles. The summed E-state index contributed by atoms with van der Waals surface area (Å²) >= 11 is 0. The van der Waals surface area contributed by atoms with Crippen molar-refractivity contribution in [2.75, 3.05) is 0 Å². The molecule has 0 aromatic rings. The van der Waals surface area contributed by atoms with Gasteiger partial charge < -0.3 is 0 Å². The highest BCUT2D eigenvalue weighted by atomic mass is 15.9. The Hall–Kier alpha value is -0.360. The molecule has 0 saturated carbocycles. The summed E-state index contributed by atoms with van der Waals surface area (Å²) in [5, 5.41) is 1.07. The van der Waals surface area contributed by atoms with Crippen molar-refractivity contribution < 1.29 is 0 Å². The molecule has 0 aliphatic heterocycles. The zero-order chi connectivity index (χ0) is 8.36. The molecule has 0 atom stereocenters. The molecule has 0 aromatic heterocycles. The molecule has 0 aliphatic rings. The van der Waals surface area contributed by atoms with E-state index in [1.165, 1.54) is 0 Å². The number of hydrogen-bond acceptors (Lipinski definition) is 9. The maximum atomic E-state index is 5.30. The van der Waals surface area contributed by atoms with E-state index in [0.717, 1.165) is 0 Å². The first kappa shape index (κ1) is 9.64. The van der Waals surface area contributed by atoms with Gasteiger partial charge in [-0.3, -0.25) is 34.9 Å². The predicted octanol–water partition coefficient (Wildman–Crippen LogP) is -4.88. The Morgan fingerprint density at radius 1 is 1.00 bits per heavy atom. The molecule has 0 amide bonds. The molecule has 0 fully saturated rings. The summed E-state index contributed by atoms with van der Waals surface area (Å²) < 4.78 is 0. The van der Waals surface area contributed by atoms with Crippen LogP contribution in [0.3, 0.4) is 0 Å². The summed E-state index contributed by atoms with van der Waals surface area (Å²) in [6.07, 6.45) is 0. The molecular formula is CH13N9. The molecule has 10 heavy (non-hydrogen) atoms. The summed E-state index contributed by atoms with van der Waals surface area (Å²) in [6.45, 7) is 0. The van der Waals surface area contributed by atoms with Crippen LogP contribution in [0.25, 0.3) is 0 Å². The average Bonchev–Trinajstić information content (AvgIpc) is 1.85. The SMILES string of the molecule is NNC(N)(N(N)N)N(N)N. The number of nitrogens with one attached hydrogen (secondary N) is 1. The molecule has 0 heterocycles. The molecule has 0 aliphatic carbocycles. The van der Waals surface area contributed by atoms with Gasteiger partial charge in [0, 0.05) is 0 Å². The molecule has 0 radical (unpaired) electrons. The summed E-state index contributed by atoms with van der Waals surface area (Å²) in [7, 11) is 0. The van der Waals surface area contributed by atoms with Crippen LogP contribution in [0, 0.1) is 0 Å². The van der Waals surface area contributed by atoms with E-state index in [0.29, 0.717) is 10.2 Å². The van der Waals surface area contributed by atoms with Crippen LogP contribution in [-0.2, 0) is 0 Å². The quantitative estimate of drug-likeness (QED) is 0.118. The maximum Gasteiger partial charge on any atom is 0.248 e. The van der Waals surface area contributed by atoms with E-state index in [4.69, 9.17) is 34.9 Å². The third-order valence-electron chi connectivity index (χ3n) is 1.000. The highest BCUT2D eigenvalue weighted by Gasteiger charge is 2.31. The Kier molecular flexibility index (Phi) is 3.04. The summed E-state index contributed by atoms with van der Waals surface area (Å²) in [5.74, 6) is 23.4. The Morgan fingerprint density at radius 3 is 1.30 bits per heavy atom. The maximum absolute atomic E-state index is 5.30. The Morgan fingerprint density at radius 2 is 1.30 bits per heavy atom. The largest absolute Gasteiger partial charge is 0.282 e. The topological polar surface area (TPSA) is 175 Å². The van der Waals surface area contributed by atoms with Crippen LogP contribution in [0.15, 0.2) is 0 Å². The molecule has 0 bridgehead atoms. The van der Waals surface area contributed by atoms with Gasteiger partial charge >= 0.3 is 0 Å². The summed E-state index contributed by atoms with van der Waals surface area (Å²) in [6, 6.07) is 0. The van der Waals surface area contributed by atoms with E-state index in [1.54, 1.807) is 0 Å². The zero-order valence-electron chi connectivity index (χ0n) is 5.36. The van der Waals surface area contributed by atoms with Crippen molar-refractivity contribution in [3.63, 3.8) is 0 Å². The molecule has 0 saturated heterocycles. The van der Waals surface area contributed by atoms with Crippen LogP contribution in [0.5, 0.6) is 0 Å². The second-order valence-corrected chi connectivity index (χ2v) is 1.69. The monoisotopic (exact) mass is 151 g/mol. The van der Waals surface area contributed by atoms with Crippen molar-refractivity contribution in [3.8, 4) is 0 Å². The second-order valence-electron chi connectivity index (χ2n) is 1.69. The van der Waals surface area contributed by atoms with E-state index in [1.807, 2.05) is 5.43 Å². The van der Waals surface area contributed by atoms with Gasteiger partial charge in [-0.05, 0) is 0 Å². The van der Waals surface area contributed by atoms with Crippen LogP contribution in [-0.4, -0.2) is 16.1 Å². The van der Waals surface area contributed by atoms with Crippen molar-refractivity contribution in [1.82, 2.24) is 15.7 Å². The van der Waals surface area contributed by atoms with Crippen molar-refractivity contribution >= 4 is 0 Å². The van der Waals surface area contributed by atoms with Gasteiger partial charge in [0.2, 0.25) is 5.91 Å². The van der Waals surface area contributed by atoms with Gasteiger partial charge in [-0.15, -0.1) is 10.2 Å². The van der Waals surface area contributed by atoms with Gasteiger partial charge in [-0.25, -0.2) is 5.43 Å². The Bertz CT molecular complexity index is 86.9. The van der Waals surface area contributed by atoms with Crippen molar-refractivity contribution in [3.05, 3.63) is 0 Å². The van der Waals surface area contributed by atoms with Crippen LogP contribution >= 0.6 is 0 Å². The van der Waals surface area contributed by atoms with Crippen LogP contribution in [0.2, 0.25) is 0 Å². The minimum atomic E-state index is -1.65. The fourth-order valence-electron chi connectivity index (χ4n) is 0.282. The highest BCUT2D eigenvalue weighted by molar-refractivity contribution is 4.65. The lowest BCUT2D eigenvalue weighted by Crippen LogP contribution is -2.82. The third-order valence-corrected chi connectivity index (χ3v) is 1.000. The molecule has 0 spiro atoms. The standard InChI is InChI=1S/CH13N9/c2-1(8-3,9(4)5)10(6)7/h8H,2-7H2. The minimum Gasteiger partial charge on any atom is -0.282 e. The highest BCUT2D eigenvalue weighted by Crippen LogP contribution is 1.90. The van der Waals surface area contributed by atoms with Gasteiger partial charge in [0.25, 0.3) is 0 Å². The summed E-state index contributed by atoms with van der Waals surface area (Å²) in [4.78, 5) is 0. The van der Waals surface area contributed by atoms with E-state index < -0.39 is 5.91 Å². The van der Waals surface area contributed by atoms with Crippen LogP contribution in [0.4, 0.5) is 0 Å². The third kappa shape index (κ3) is 1.57. The lowest BCUT2D eigenvalue weighted by Gasteiger charge is -2.37. The van der Waals surface area contributed by atoms with E-state index in [9.17, 15) is 0 Å². The minimum absolute atomic E-state index is 0.535. The molecule has 0 unspecified atom stereocenters. The lowest BCUT2D eigenvalue weighted by atomic mass is 10.7.